The van der Waals surface area contributed by atoms with Gasteiger partial charge in [-0.3, -0.25) is 0 Å². The summed E-state index contributed by atoms with van der Waals surface area (Å²) in [6.07, 6.45) is 0. The largest absolute Gasteiger partial charge is 0.374 e. The Bertz CT molecular complexity index is 344. The average molecular weight is 244 g/mol. The number of aromatic nitrogens is 2. The normalized spacial score (nSPS) is 10.9. The van der Waals surface area contributed by atoms with Crippen molar-refractivity contribution in [3.8, 4) is 0 Å². The average Bonchev–Trinajstić information content (AvgIpc) is 2.24. The lowest BCUT2D eigenvalue weighted by Gasteiger charge is -2.22. The molecule has 0 saturated carbocycles. The molecule has 1 rings (SSSR count). The van der Waals surface area contributed by atoms with Crippen LogP contribution in [0.3, 0.4) is 0 Å². The Hall–Kier alpha value is -0.870. The first-order valence-electron chi connectivity index (χ1n) is 5.38. The van der Waals surface area contributed by atoms with Gasteiger partial charge >= 0.3 is 0 Å². The monoisotopic (exact) mass is 243 g/mol. The van der Waals surface area contributed by atoms with Crippen molar-refractivity contribution < 1.29 is 4.74 Å². The van der Waals surface area contributed by atoms with Crippen molar-refractivity contribution in [2.45, 2.75) is 33.4 Å². The lowest BCUT2D eigenvalue weighted by molar-refractivity contribution is 0.128. The van der Waals surface area contributed by atoms with Crippen LogP contribution in [-0.2, 0) is 11.3 Å². The molecule has 0 bridgehead atoms. The highest BCUT2D eigenvalue weighted by Crippen LogP contribution is 2.17. The summed E-state index contributed by atoms with van der Waals surface area (Å²) in [7, 11) is 1.98. The molecule has 5 heteroatoms. The molecule has 0 N–H and O–H groups in total. The molecule has 0 aliphatic rings. The van der Waals surface area contributed by atoms with Gasteiger partial charge in [-0.25, -0.2) is 9.97 Å². The Morgan fingerprint density at radius 3 is 2.69 bits per heavy atom. The van der Waals surface area contributed by atoms with Crippen LogP contribution in [0.5, 0.6) is 0 Å². The zero-order chi connectivity index (χ0) is 12.1. The molecule has 1 aromatic heterocycles. The van der Waals surface area contributed by atoms with E-state index in [9.17, 15) is 0 Å². The third-order valence-electron chi connectivity index (χ3n) is 2.30. The zero-order valence-corrected chi connectivity index (χ0v) is 11.0. The van der Waals surface area contributed by atoms with Crippen LogP contribution < -0.4 is 4.90 Å². The van der Waals surface area contributed by atoms with Gasteiger partial charge in [-0.2, -0.15) is 0 Å². The summed E-state index contributed by atoms with van der Waals surface area (Å²) in [5, 5.41) is 0.451. The summed E-state index contributed by atoms with van der Waals surface area (Å²) >= 11 is 5.94. The van der Waals surface area contributed by atoms with Crippen LogP contribution in [0.2, 0.25) is 5.15 Å². The van der Waals surface area contributed by atoms with Crippen molar-refractivity contribution in [3.05, 3.63) is 17.0 Å². The van der Waals surface area contributed by atoms with Gasteiger partial charge in [0.25, 0.3) is 0 Å². The summed E-state index contributed by atoms with van der Waals surface area (Å²) in [6, 6.07) is 2.13. The number of halogens is 1. The number of hydrogen-bond donors (Lipinski definition) is 0. The first-order chi connectivity index (χ1) is 7.54. The van der Waals surface area contributed by atoms with Crippen molar-refractivity contribution in [1.82, 2.24) is 9.97 Å². The molecule has 0 unspecified atom stereocenters. The maximum absolute atomic E-state index is 5.94. The van der Waals surface area contributed by atoms with Crippen molar-refractivity contribution in [2.75, 3.05) is 18.6 Å². The van der Waals surface area contributed by atoms with Gasteiger partial charge in [-0.1, -0.05) is 11.6 Å². The molecule has 0 spiro atoms. The number of ether oxygens (including phenoxy) is 1. The Kier molecular flexibility index (Phi) is 4.96. The van der Waals surface area contributed by atoms with E-state index in [-0.39, 0.29) is 0 Å². The predicted octanol–water partition coefficient (Wildman–Crippen LogP) is 2.51. The van der Waals surface area contributed by atoms with Gasteiger partial charge in [0.1, 0.15) is 17.6 Å². The zero-order valence-electron chi connectivity index (χ0n) is 10.2. The second kappa shape index (κ2) is 6.01. The highest BCUT2D eigenvalue weighted by Gasteiger charge is 2.09. The lowest BCUT2D eigenvalue weighted by atomic mass is 10.3. The summed E-state index contributed by atoms with van der Waals surface area (Å²) in [4.78, 5) is 10.6. The van der Waals surface area contributed by atoms with Crippen LogP contribution in [0.4, 0.5) is 5.82 Å². The Morgan fingerprint density at radius 1 is 1.44 bits per heavy atom. The van der Waals surface area contributed by atoms with Crippen molar-refractivity contribution >= 4 is 17.4 Å². The maximum atomic E-state index is 5.94. The Balaban J connectivity index is 2.89. The minimum absolute atomic E-state index is 0.367. The topological polar surface area (TPSA) is 38.2 Å². The summed E-state index contributed by atoms with van der Waals surface area (Å²) < 4.78 is 5.27. The fourth-order valence-corrected chi connectivity index (χ4v) is 1.35. The maximum Gasteiger partial charge on any atom is 0.158 e. The minimum atomic E-state index is 0.367. The van der Waals surface area contributed by atoms with Crippen LogP contribution >= 0.6 is 11.6 Å². The molecule has 90 valence electrons. The molecule has 0 amide bonds. The lowest BCUT2D eigenvalue weighted by Crippen LogP contribution is -2.27. The molecule has 16 heavy (non-hydrogen) atoms. The fourth-order valence-electron chi connectivity index (χ4n) is 1.15. The van der Waals surface area contributed by atoms with Crippen LogP contribution in [0.1, 0.15) is 26.6 Å². The van der Waals surface area contributed by atoms with E-state index in [0.717, 1.165) is 5.82 Å². The molecule has 0 fully saturated rings. The summed E-state index contributed by atoms with van der Waals surface area (Å²) in [5.74, 6) is 1.45. The number of anilines is 1. The van der Waals surface area contributed by atoms with Gasteiger partial charge in [-0.15, -0.1) is 0 Å². The quantitative estimate of drug-likeness (QED) is 0.745. The SMILES string of the molecule is CCOCc1nc(Cl)cc(N(C)C(C)C)n1. The van der Waals surface area contributed by atoms with Crippen LogP contribution in [-0.4, -0.2) is 29.7 Å². The summed E-state index contributed by atoms with van der Waals surface area (Å²) in [6.45, 7) is 7.17. The van der Waals surface area contributed by atoms with E-state index in [1.165, 1.54) is 0 Å². The molecule has 4 nitrogen and oxygen atoms in total. The number of hydrogen-bond acceptors (Lipinski definition) is 4. The van der Waals surface area contributed by atoms with E-state index in [1.54, 1.807) is 6.07 Å². The van der Waals surface area contributed by atoms with Crippen molar-refractivity contribution in [2.24, 2.45) is 0 Å². The Labute approximate surface area is 102 Å². The van der Waals surface area contributed by atoms with Crippen LogP contribution in [0, 0.1) is 0 Å². The molecular weight excluding hydrogens is 226 g/mol. The van der Waals surface area contributed by atoms with Gasteiger partial charge in [0.15, 0.2) is 5.82 Å². The fraction of sp³-hybridized carbons (Fsp3) is 0.636. The van der Waals surface area contributed by atoms with Gasteiger partial charge < -0.3 is 9.64 Å². The molecule has 1 aromatic rings. The van der Waals surface area contributed by atoms with E-state index in [4.69, 9.17) is 16.3 Å². The molecular formula is C11H18ClN3O. The summed E-state index contributed by atoms with van der Waals surface area (Å²) in [5.41, 5.74) is 0. The minimum Gasteiger partial charge on any atom is -0.374 e. The molecule has 0 radical (unpaired) electrons. The van der Waals surface area contributed by atoms with Crippen molar-refractivity contribution in [1.29, 1.82) is 0 Å². The van der Waals surface area contributed by atoms with Crippen LogP contribution in [0.25, 0.3) is 0 Å². The third kappa shape index (κ3) is 3.61. The third-order valence-corrected chi connectivity index (χ3v) is 2.49. The second-order valence-electron chi connectivity index (χ2n) is 3.81. The van der Waals surface area contributed by atoms with E-state index >= 15 is 0 Å². The predicted molar refractivity (Wildman–Crippen MR) is 65.9 cm³/mol. The van der Waals surface area contributed by atoms with E-state index < -0.39 is 0 Å². The highest BCUT2D eigenvalue weighted by molar-refractivity contribution is 6.29. The second-order valence-corrected chi connectivity index (χ2v) is 4.19. The first-order valence-corrected chi connectivity index (χ1v) is 5.76. The van der Waals surface area contributed by atoms with Gasteiger partial charge in [0.05, 0.1) is 0 Å². The molecule has 0 atom stereocenters. The molecule has 1 heterocycles. The molecule has 0 aromatic carbocycles. The van der Waals surface area contributed by atoms with Gasteiger partial charge in [0.2, 0.25) is 0 Å². The molecule has 0 aliphatic carbocycles. The number of nitrogens with zero attached hydrogens (tertiary/aromatic N) is 3. The van der Waals surface area contributed by atoms with Crippen molar-refractivity contribution in [3.63, 3.8) is 0 Å². The molecule has 0 aliphatic heterocycles. The van der Waals surface area contributed by atoms with E-state index in [2.05, 4.69) is 23.8 Å². The first kappa shape index (κ1) is 13.2. The highest BCUT2D eigenvalue weighted by atomic mass is 35.5. The molecule has 0 saturated heterocycles. The number of rotatable bonds is 5. The Morgan fingerprint density at radius 2 is 2.12 bits per heavy atom. The van der Waals surface area contributed by atoms with E-state index in [0.29, 0.717) is 30.2 Å². The van der Waals surface area contributed by atoms with Gasteiger partial charge in [-0.05, 0) is 20.8 Å². The smallest absolute Gasteiger partial charge is 0.158 e. The van der Waals surface area contributed by atoms with E-state index in [1.807, 2.05) is 18.9 Å². The van der Waals surface area contributed by atoms with Crippen LogP contribution in [0.15, 0.2) is 6.07 Å². The van der Waals surface area contributed by atoms with Gasteiger partial charge in [0, 0.05) is 25.8 Å². The standard InChI is InChI=1S/C11H18ClN3O/c1-5-16-7-10-13-9(12)6-11(14-10)15(4)8(2)3/h6,8H,5,7H2,1-4H3.